The van der Waals surface area contributed by atoms with Crippen molar-refractivity contribution in [2.45, 2.75) is 19.3 Å². The van der Waals surface area contributed by atoms with Gasteiger partial charge in [0.1, 0.15) is 5.82 Å². The lowest BCUT2D eigenvalue weighted by molar-refractivity contribution is -0.192. The number of aliphatic imine (C=N–C) groups is 1. The maximum atomic E-state index is 14.0. The van der Waals surface area contributed by atoms with Gasteiger partial charge in [0.15, 0.2) is 5.96 Å². The van der Waals surface area contributed by atoms with E-state index in [2.05, 4.69) is 15.1 Å². The Kier molecular flexibility index (Phi) is 10.6. The molecule has 1 aliphatic rings. The largest absolute Gasteiger partial charge is 0.490 e. The van der Waals surface area contributed by atoms with Crippen LogP contribution in [0.25, 0.3) is 0 Å². The number of nitrogens with one attached hydrogen (secondary N) is 1. The number of aliphatic carboxylic acids is 1. The molecule has 0 aliphatic carbocycles. The molecule has 0 bridgehead atoms. The minimum atomic E-state index is -5.08. The standard InChI is InChI=1S/C26H27FN4O2.C2HF3O2/c27-24-12-5-4-9-22(24)19-30-13-15-31(16-14-30)26(28-18-20-7-2-1-3-8-20)29-23-11-6-10-21(17-23)25(32)33;3-2(4,5)1(6)7/h1-12,17H,13-16,18-19H2,(H,28,29)(H,32,33);(H,6,7). The lowest BCUT2D eigenvalue weighted by Crippen LogP contribution is -2.50. The van der Waals surface area contributed by atoms with Crippen molar-refractivity contribution in [3.05, 3.63) is 101 Å². The fourth-order valence-electron chi connectivity index (χ4n) is 3.81. The van der Waals surface area contributed by atoms with Crippen LogP contribution in [0, 0.1) is 5.82 Å². The molecule has 212 valence electrons. The molecule has 1 saturated heterocycles. The second kappa shape index (κ2) is 14.1. The lowest BCUT2D eigenvalue weighted by atomic mass is 10.2. The highest BCUT2D eigenvalue weighted by atomic mass is 19.4. The van der Waals surface area contributed by atoms with Gasteiger partial charge in [-0.1, -0.05) is 54.6 Å². The van der Waals surface area contributed by atoms with E-state index in [0.29, 0.717) is 30.3 Å². The van der Waals surface area contributed by atoms with Crippen LogP contribution in [0.2, 0.25) is 0 Å². The Bertz CT molecular complexity index is 1310. The third kappa shape index (κ3) is 9.38. The molecule has 1 aliphatic heterocycles. The van der Waals surface area contributed by atoms with Crippen LogP contribution < -0.4 is 5.32 Å². The molecule has 1 heterocycles. The van der Waals surface area contributed by atoms with Crippen molar-refractivity contribution < 1.29 is 37.4 Å². The van der Waals surface area contributed by atoms with Crippen LogP contribution in [0.1, 0.15) is 21.5 Å². The van der Waals surface area contributed by atoms with E-state index in [-0.39, 0.29) is 11.4 Å². The molecule has 0 aromatic heterocycles. The Morgan fingerprint density at radius 1 is 0.875 bits per heavy atom. The third-order valence-corrected chi connectivity index (χ3v) is 5.89. The van der Waals surface area contributed by atoms with Crippen molar-refractivity contribution in [3.63, 3.8) is 0 Å². The first-order valence-corrected chi connectivity index (χ1v) is 12.2. The van der Waals surface area contributed by atoms with Gasteiger partial charge >= 0.3 is 18.1 Å². The number of halogens is 4. The summed E-state index contributed by atoms with van der Waals surface area (Å²) in [4.78, 5) is 29.5. The second-order valence-electron chi connectivity index (χ2n) is 8.79. The fraction of sp³-hybridized carbons (Fsp3) is 0.250. The van der Waals surface area contributed by atoms with E-state index < -0.39 is 18.1 Å². The predicted octanol–water partition coefficient (Wildman–Crippen LogP) is 4.94. The molecule has 1 fully saturated rings. The molecule has 0 spiro atoms. The Morgan fingerprint density at radius 2 is 1.50 bits per heavy atom. The Labute approximate surface area is 228 Å². The van der Waals surface area contributed by atoms with Gasteiger partial charge in [0.05, 0.1) is 12.1 Å². The third-order valence-electron chi connectivity index (χ3n) is 5.89. The summed E-state index contributed by atoms with van der Waals surface area (Å²) in [5.41, 5.74) is 2.69. The summed E-state index contributed by atoms with van der Waals surface area (Å²) >= 11 is 0. The zero-order valence-electron chi connectivity index (χ0n) is 21.3. The van der Waals surface area contributed by atoms with Crippen molar-refractivity contribution in [1.29, 1.82) is 0 Å². The molecule has 0 amide bonds. The van der Waals surface area contributed by atoms with Gasteiger partial charge < -0.3 is 20.4 Å². The zero-order valence-corrected chi connectivity index (χ0v) is 21.3. The number of hydrogen-bond acceptors (Lipinski definition) is 4. The summed E-state index contributed by atoms with van der Waals surface area (Å²) in [5.74, 6) is -3.20. The monoisotopic (exact) mass is 560 g/mol. The minimum Gasteiger partial charge on any atom is -0.478 e. The van der Waals surface area contributed by atoms with Crippen LogP contribution in [0.3, 0.4) is 0 Å². The molecule has 8 nitrogen and oxygen atoms in total. The normalized spacial score (nSPS) is 14.2. The molecule has 0 saturated carbocycles. The molecule has 0 unspecified atom stereocenters. The van der Waals surface area contributed by atoms with Gasteiger partial charge in [-0.25, -0.2) is 19.0 Å². The number of hydrogen-bond donors (Lipinski definition) is 3. The molecule has 40 heavy (non-hydrogen) atoms. The van der Waals surface area contributed by atoms with E-state index in [9.17, 15) is 27.5 Å². The van der Waals surface area contributed by atoms with Crippen LogP contribution in [-0.2, 0) is 17.9 Å². The average molecular weight is 561 g/mol. The van der Waals surface area contributed by atoms with Crippen LogP contribution in [-0.4, -0.2) is 70.3 Å². The maximum absolute atomic E-state index is 14.0. The first-order chi connectivity index (χ1) is 19.0. The SMILES string of the molecule is O=C(O)C(F)(F)F.O=C(O)c1cccc(NC(=NCc2ccccc2)N2CCN(Cc3ccccc3F)CC2)c1. The van der Waals surface area contributed by atoms with Gasteiger partial charge in [0, 0.05) is 44.0 Å². The van der Waals surface area contributed by atoms with E-state index in [4.69, 9.17) is 14.9 Å². The zero-order chi connectivity index (χ0) is 29.1. The maximum Gasteiger partial charge on any atom is 0.490 e. The van der Waals surface area contributed by atoms with Gasteiger partial charge in [-0.15, -0.1) is 0 Å². The topological polar surface area (TPSA) is 105 Å². The van der Waals surface area contributed by atoms with E-state index in [1.807, 2.05) is 48.5 Å². The first kappa shape index (κ1) is 30.1. The number of nitrogens with zero attached hydrogens (tertiary/aromatic N) is 3. The number of carbonyl (C=O) groups is 2. The van der Waals surface area contributed by atoms with Crippen molar-refractivity contribution in [2.24, 2.45) is 4.99 Å². The highest BCUT2D eigenvalue weighted by Crippen LogP contribution is 2.16. The summed E-state index contributed by atoms with van der Waals surface area (Å²) in [6.07, 6.45) is -5.08. The summed E-state index contributed by atoms with van der Waals surface area (Å²) in [6, 6.07) is 23.6. The van der Waals surface area contributed by atoms with Gasteiger partial charge in [-0.05, 0) is 29.8 Å². The van der Waals surface area contributed by atoms with E-state index >= 15 is 0 Å². The summed E-state index contributed by atoms with van der Waals surface area (Å²) in [7, 11) is 0. The molecule has 4 rings (SSSR count). The number of anilines is 1. The van der Waals surface area contributed by atoms with E-state index in [1.54, 1.807) is 24.3 Å². The number of alkyl halides is 3. The number of rotatable bonds is 6. The Balaban J connectivity index is 0.000000559. The molecule has 0 atom stereocenters. The van der Waals surface area contributed by atoms with E-state index in [0.717, 1.165) is 31.7 Å². The lowest BCUT2D eigenvalue weighted by Gasteiger charge is -2.36. The van der Waals surface area contributed by atoms with Crippen LogP contribution in [0.15, 0.2) is 83.9 Å². The quantitative estimate of drug-likeness (QED) is 0.223. The summed E-state index contributed by atoms with van der Waals surface area (Å²) < 4.78 is 45.8. The van der Waals surface area contributed by atoms with E-state index in [1.165, 1.54) is 6.07 Å². The molecular weight excluding hydrogens is 532 g/mol. The molecule has 3 N–H and O–H groups in total. The molecule has 0 radical (unpaired) electrons. The number of carboxylic acid groups (broad SMARTS) is 2. The summed E-state index contributed by atoms with van der Waals surface area (Å²) in [6.45, 7) is 4.09. The fourth-order valence-corrected chi connectivity index (χ4v) is 3.81. The van der Waals surface area contributed by atoms with Gasteiger partial charge in [0.2, 0.25) is 0 Å². The second-order valence-corrected chi connectivity index (χ2v) is 8.79. The summed E-state index contributed by atoms with van der Waals surface area (Å²) in [5, 5.41) is 19.8. The number of aromatic carboxylic acids is 1. The molecule has 12 heteroatoms. The number of benzene rings is 3. The van der Waals surface area contributed by atoms with Gasteiger partial charge in [-0.2, -0.15) is 13.2 Å². The number of carboxylic acids is 2. The Hall–Kier alpha value is -4.45. The Morgan fingerprint density at radius 3 is 2.10 bits per heavy atom. The number of piperazine rings is 1. The van der Waals surface area contributed by atoms with Crippen LogP contribution >= 0.6 is 0 Å². The van der Waals surface area contributed by atoms with Crippen molar-refractivity contribution in [2.75, 3.05) is 31.5 Å². The van der Waals surface area contributed by atoms with Crippen LogP contribution in [0.4, 0.5) is 23.2 Å². The molecular formula is C28H28F4N4O4. The van der Waals surface area contributed by atoms with Crippen molar-refractivity contribution in [1.82, 2.24) is 9.80 Å². The minimum absolute atomic E-state index is 0.176. The van der Waals surface area contributed by atoms with Gasteiger partial charge in [0.25, 0.3) is 0 Å². The first-order valence-electron chi connectivity index (χ1n) is 12.2. The molecule has 3 aromatic carbocycles. The van der Waals surface area contributed by atoms with Crippen LogP contribution in [0.5, 0.6) is 0 Å². The van der Waals surface area contributed by atoms with Crippen molar-refractivity contribution in [3.8, 4) is 0 Å². The average Bonchev–Trinajstić information content (AvgIpc) is 2.93. The molecule has 3 aromatic rings. The predicted molar refractivity (Wildman–Crippen MR) is 142 cm³/mol. The number of guanidine groups is 1. The van der Waals surface area contributed by atoms with Gasteiger partial charge in [-0.3, -0.25) is 4.90 Å². The van der Waals surface area contributed by atoms with Crippen molar-refractivity contribution >= 4 is 23.6 Å². The highest BCUT2D eigenvalue weighted by molar-refractivity contribution is 5.95. The highest BCUT2D eigenvalue weighted by Gasteiger charge is 2.38. The smallest absolute Gasteiger partial charge is 0.478 e.